The number of aliphatic hydroxyl groups is 1. The van der Waals surface area contributed by atoms with Crippen molar-refractivity contribution >= 4 is 31.2 Å². The molecule has 0 saturated carbocycles. The van der Waals surface area contributed by atoms with Gasteiger partial charge in [0.05, 0.1) is 25.7 Å². The fourth-order valence-electron chi connectivity index (χ4n) is 3.66. The van der Waals surface area contributed by atoms with Crippen LogP contribution in [-0.4, -0.2) is 38.6 Å². The highest BCUT2D eigenvalue weighted by molar-refractivity contribution is 7.14. The van der Waals surface area contributed by atoms with E-state index < -0.39 is 13.5 Å². The van der Waals surface area contributed by atoms with E-state index in [2.05, 4.69) is 19.6 Å². The summed E-state index contributed by atoms with van der Waals surface area (Å²) in [5.74, 6) is -0.199. The second-order valence-electron chi connectivity index (χ2n) is 10.0. The number of benzene rings is 1. The first kappa shape index (κ1) is 26.3. The van der Waals surface area contributed by atoms with Crippen LogP contribution >= 0.6 is 11.3 Å². The van der Waals surface area contributed by atoms with Crippen molar-refractivity contribution in [2.45, 2.75) is 65.9 Å². The Labute approximate surface area is 196 Å². The lowest BCUT2D eigenvalue weighted by Crippen LogP contribution is -2.35. The highest BCUT2D eigenvalue weighted by Gasteiger charge is 2.42. The molecule has 0 aliphatic rings. The summed E-state index contributed by atoms with van der Waals surface area (Å²) in [6.45, 7) is 14.3. The summed E-state index contributed by atoms with van der Waals surface area (Å²) in [6, 6.07) is 8.63. The van der Waals surface area contributed by atoms with Gasteiger partial charge in [0.25, 0.3) is 0 Å². The van der Waals surface area contributed by atoms with Crippen LogP contribution in [0.5, 0.6) is 5.75 Å². The molecule has 1 heterocycles. The minimum absolute atomic E-state index is 0.0766. The van der Waals surface area contributed by atoms with Gasteiger partial charge in [-0.2, -0.15) is 0 Å². The van der Waals surface area contributed by atoms with E-state index >= 15 is 0 Å². The van der Waals surface area contributed by atoms with Crippen LogP contribution < -0.4 is 4.74 Å². The summed E-state index contributed by atoms with van der Waals surface area (Å²) < 4.78 is 11.2. The van der Waals surface area contributed by atoms with Crippen molar-refractivity contribution in [1.82, 2.24) is 0 Å². The van der Waals surface area contributed by atoms with Gasteiger partial charge in [-0.05, 0) is 49.6 Å². The van der Waals surface area contributed by atoms with E-state index in [1.54, 1.807) is 7.11 Å². The zero-order valence-electron chi connectivity index (χ0n) is 20.5. The fraction of sp³-hybridized carbons (Fsp3) is 0.520. The van der Waals surface area contributed by atoms with Gasteiger partial charge in [-0.25, -0.2) is 0 Å². The Morgan fingerprint density at radius 3 is 2.34 bits per heavy atom. The molecular weight excluding hydrogens is 440 g/mol. The largest absolute Gasteiger partial charge is 0.495 e. The number of Topliss-reactive ketones (excluding diaryl/α,β-unsaturated/α-hetero) is 1. The molecule has 0 radical (unpaired) electrons. The number of rotatable bonds is 10. The van der Waals surface area contributed by atoms with Crippen molar-refractivity contribution in [3.05, 3.63) is 50.7 Å². The van der Waals surface area contributed by atoms with Crippen LogP contribution in [0.25, 0.3) is 0 Å². The van der Waals surface area contributed by atoms with Gasteiger partial charge in [0.2, 0.25) is 0 Å². The van der Waals surface area contributed by atoms with Crippen LogP contribution in [0.4, 0.5) is 0 Å². The van der Waals surface area contributed by atoms with E-state index in [1.807, 2.05) is 45.0 Å². The number of methoxy groups -OCH3 is 1. The topological polar surface area (TPSA) is 72.8 Å². The second kappa shape index (κ2) is 10.3. The second-order valence-corrected chi connectivity index (χ2v) is 16.8. The molecule has 0 amide bonds. The molecule has 0 fully saturated rings. The van der Waals surface area contributed by atoms with Crippen molar-refractivity contribution in [1.29, 1.82) is 0 Å². The molecule has 1 unspecified atom stereocenters. The number of thiophene rings is 1. The normalized spacial score (nSPS) is 13.0. The number of aliphatic hydroxyl groups excluding tert-OH is 1. The number of carbonyl (C=O) groups excluding carboxylic acids is 2. The maximum Gasteiger partial charge on any atom is 0.312 e. The first-order chi connectivity index (χ1) is 14.8. The standard InChI is InChI=1S/C25H36O5SSi/c1-16-9-10-18(13-19(16)15-26)22(21-14-20(29-5)23(31-21)17(2)27)25(3,4)24(28)30-11-12-32(6,7)8/h9-10,13-14,22,26H,11-12,15H2,1-8H3. The molecule has 0 bridgehead atoms. The third kappa shape index (κ3) is 6.08. The maximum absolute atomic E-state index is 13.3. The summed E-state index contributed by atoms with van der Waals surface area (Å²) in [7, 11) is 0.205. The monoisotopic (exact) mass is 476 g/mol. The van der Waals surface area contributed by atoms with E-state index in [4.69, 9.17) is 9.47 Å². The third-order valence-corrected chi connectivity index (χ3v) is 8.74. The van der Waals surface area contributed by atoms with E-state index in [-0.39, 0.29) is 24.3 Å². The molecule has 1 atom stereocenters. The van der Waals surface area contributed by atoms with Crippen LogP contribution in [-0.2, 0) is 16.1 Å². The molecule has 1 aromatic carbocycles. The zero-order chi connectivity index (χ0) is 24.3. The van der Waals surface area contributed by atoms with Crippen molar-refractivity contribution < 1.29 is 24.2 Å². The number of esters is 1. The van der Waals surface area contributed by atoms with Gasteiger partial charge >= 0.3 is 5.97 Å². The maximum atomic E-state index is 13.3. The molecular formula is C25H36O5SSi. The van der Waals surface area contributed by atoms with Gasteiger partial charge in [0, 0.05) is 25.8 Å². The molecule has 2 aromatic rings. The van der Waals surface area contributed by atoms with Gasteiger partial charge in [-0.3, -0.25) is 9.59 Å². The minimum atomic E-state index is -1.34. The predicted octanol–water partition coefficient (Wildman–Crippen LogP) is 5.80. The Morgan fingerprint density at radius 1 is 1.19 bits per heavy atom. The summed E-state index contributed by atoms with van der Waals surface area (Å²) >= 11 is 1.35. The lowest BCUT2D eigenvalue weighted by Gasteiger charge is -2.33. The molecule has 7 heteroatoms. The smallest absolute Gasteiger partial charge is 0.312 e. The van der Waals surface area contributed by atoms with E-state index in [9.17, 15) is 14.7 Å². The molecule has 0 spiro atoms. The number of aryl methyl sites for hydroxylation is 1. The van der Waals surface area contributed by atoms with Crippen LogP contribution in [0.2, 0.25) is 25.7 Å². The predicted molar refractivity (Wildman–Crippen MR) is 133 cm³/mol. The Hall–Kier alpha value is -1.96. The van der Waals surface area contributed by atoms with E-state index in [0.717, 1.165) is 27.6 Å². The van der Waals surface area contributed by atoms with Gasteiger partial charge < -0.3 is 14.6 Å². The molecule has 2 rings (SSSR count). The average molecular weight is 477 g/mol. The van der Waals surface area contributed by atoms with Gasteiger partial charge in [0.15, 0.2) is 5.78 Å². The Morgan fingerprint density at radius 2 is 1.84 bits per heavy atom. The SMILES string of the molecule is COc1cc(C(c2ccc(C)c(CO)c2)C(C)(C)C(=O)OCC[Si](C)(C)C)sc1C(C)=O. The van der Waals surface area contributed by atoms with E-state index in [0.29, 0.717) is 17.2 Å². The Bertz CT molecular complexity index is 971. The number of hydrogen-bond donors (Lipinski definition) is 1. The van der Waals surface area contributed by atoms with Gasteiger partial charge in [-0.1, -0.05) is 37.8 Å². The molecule has 176 valence electrons. The fourth-order valence-corrected chi connectivity index (χ4v) is 5.71. The first-order valence-corrected chi connectivity index (χ1v) is 15.4. The summed E-state index contributed by atoms with van der Waals surface area (Å²) in [4.78, 5) is 26.9. The molecule has 32 heavy (non-hydrogen) atoms. The van der Waals surface area contributed by atoms with Crippen LogP contribution in [0.1, 0.15) is 57.9 Å². The third-order valence-electron chi connectivity index (χ3n) is 5.75. The quantitative estimate of drug-likeness (QED) is 0.266. The molecule has 0 saturated heterocycles. The lowest BCUT2D eigenvalue weighted by atomic mass is 9.73. The van der Waals surface area contributed by atoms with Crippen molar-refractivity contribution in [3.63, 3.8) is 0 Å². The van der Waals surface area contributed by atoms with Crippen molar-refractivity contribution in [3.8, 4) is 5.75 Å². The highest BCUT2D eigenvalue weighted by Crippen LogP contribution is 2.47. The number of carbonyl (C=O) groups is 2. The minimum Gasteiger partial charge on any atom is -0.495 e. The molecule has 0 aliphatic heterocycles. The Balaban J connectivity index is 2.56. The molecule has 5 nitrogen and oxygen atoms in total. The summed E-state index contributed by atoms with van der Waals surface area (Å²) in [5.41, 5.74) is 1.79. The van der Waals surface area contributed by atoms with Crippen LogP contribution in [0.3, 0.4) is 0 Å². The first-order valence-electron chi connectivity index (χ1n) is 10.9. The van der Waals surface area contributed by atoms with Gasteiger partial charge in [0.1, 0.15) is 10.6 Å². The lowest BCUT2D eigenvalue weighted by molar-refractivity contribution is -0.154. The molecule has 1 N–H and O–H groups in total. The van der Waals surface area contributed by atoms with Gasteiger partial charge in [-0.15, -0.1) is 11.3 Å². The number of ketones is 1. The van der Waals surface area contributed by atoms with Crippen LogP contribution in [0.15, 0.2) is 24.3 Å². The van der Waals surface area contributed by atoms with Crippen molar-refractivity contribution in [2.24, 2.45) is 5.41 Å². The molecule has 0 aliphatic carbocycles. The summed E-state index contributed by atoms with van der Waals surface area (Å²) in [5, 5.41) is 9.81. The Kier molecular flexibility index (Phi) is 8.48. The zero-order valence-corrected chi connectivity index (χ0v) is 22.3. The summed E-state index contributed by atoms with van der Waals surface area (Å²) in [6.07, 6.45) is 0. The van der Waals surface area contributed by atoms with Crippen molar-refractivity contribution in [2.75, 3.05) is 13.7 Å². The van der Waals surface area contributed by atoms with Crippen LogP contribution in [0, 0.1) is 12.3 Å². The average Bonchev–Trinajstić information content (AvgIpc) is 3.12. The number of hydrogen-bond acceptors (Lipinski definition) is 6. The highest BCUT2D eigenvalue weighted by atomic mass is 32.1. The number of ether oxygens (including phenoxy) is 2. The van der Waals surface area contributed by atoms with E-state index in [1.165, 1.54) is 18.3 Å². The molecule has 1 aromatic heterocycles.